The third kappa shape index (κ3) is 3.33. The van der Waals surface area contributed by atoms with E-state index in [4.69, 9.17) is 5.26 Å². The molecule has 0 aliphatic heterocycles. The van der Waals surface area contributed by atoms with Gasteiger partial charge in [-0.1, -0.05) is 6.92 Å². The highest BCUT2D eigenvalue weighted by Gasteiger charge is 2.08. The molecular weight excluding hydrogens is 206 g/mol. The van der Waals surface area contributed by atoms with Crippen molar-refractivity contribution in [1.82, 2.24) is 10.3 Å². The fourth-order valence-electron chi connectivity index (χ4n) is 1.04. The van der Waals surface area contributed by atoms with Crippen LogP contribution in [0.4, 0.5) is 0 Å². The largest absolute Gasteiger partial charge is 0.391 e. The van der Waals surface area contributed by atoms with E-state index >= 15 is 0 Å². The smallest absolute Gasteiger partial charge is 0.269 e. The Kier molecular flexibility index (Phi) is 4.42. The van der Waals surface area contributed by atoms with E-state index in [1.807, 2.05) is 13.0 Å². The molecule has 0 radical (unpaired) electrons. The highest BCUT2D eigenvalue weighted by Crippen LogP contribution is 1.98. The van der Waals surface area contributed by atoms with Crippen LogP contribution < -0.4 is 5.32 Å². The minimum absolute atomic E-state index is 0.205. The maximum absolute atomic E-state index is 11.5. The topological polar surface area (TPSA) is 86.0 Å². The minimum Gasteiger partial charge on any atom is -0.391 e. The lowest BCUT2D eigenvalue weighted by Gasteiger charge is -2.08. The minimum atomic E-state index is -0.540. The van der Waals surface area contributed by atoms with E-state index in [0.29, 0.717) is 12.0 Å². The molecule has 1 aromatic rings. The van der Waals surface area contributed by atoms with Gasteiger partial charge in [0, 0.05) is 12.7 Å². The van der Waals surface area contributed by atoms with Crippen LogP contribution in [0.15, 0.2) is 18.3 Å². The van der Waals surface area contributed by atoms with Crippen molar-refractivity contribution in [2.75, 3.05) is 6.54 Å². The second-order valence-corrected chi connectivity index (χ2v) is 3.32. The predicted octanol–water partition coefficient (Wildman–Crippen LogP) is 0.454. The number of carbonyl (C=O) groups is 1. The molecular formula is C11H13N3O2. The Bertz CT molecular complexity index is 395. The SMILES string of the molecule is CCC(O)CNC(=O)c1ccc(C#N)cn1. The van der Waals surface area contributed by atoms with Gasteiger partial charge in [0.25, 0.3) is 5.91 Å². The van der Waals surface area contributed by atoms with E-state index in [0.717, 1.165) is 0 Å². The third-order valence-corrected chi connectivity index (χ3v) is 2.09. The summed E-state index contributed by atoms with van der Waals surface area (Å²) in [6, 6.07) is 4.92. The average molecular weight is 219 g/mol. The number of amides is 1. The molecule has 0 saturated heterocycles. The van der Waals surface area contributed by atoms with Gasteiger partial charge >= 0.3 is 0 Å². The van der Waals surface area contributed by atoms with Crippen molar-refractivity contribution in [2.45, 2.75) is 19.4 Å². The van der Waals surface area contributed by atoms with Gasteiger partial charge in [0.05, 0.1) is 11.7 Å². The van der Waals surface area contributed by atoms with E-state index < -0.39 is 6.10 Å². The maximum Gasteiger partial charge on any atom is 0.269 e. The molecule has 0 aliphatic carbocycles. The molecule has 2 N–H and O–H groups in total. The number of pyridine rings is 1. The first kappa shape index (κ1) is 12.1. The van der Waals surface area contributed by atoms with Crippen molar-refractivity contribution in [3.8, 4) is 6.07 Å². The Morgan fingerprint density at radius 3 is 2.94 bits per heavy atom. The van der Waals surface area contributed by atoms with E-state index in [1.165, 1.54) is 18.3 Å². The van der Waals surface area contributed by atoms with Crippen LogP contribution in [0.1, 0.15) is 29.4 Å². The predicted molar refractivity (Wildman–Crippen MR) is 57.6 cm³/mol. The fraction of sp³-hybridized carbons (Fsp3) is 0.364. The maximum atomic E-state index is 11.5. The summed E-state index contributed by atoms with van der Waals surface area (Å²) in [5.74, 6) is -0.350. The molecule has 0 bridgehead atoms. The number of nitriles is 1. The van der Waals surface area contributed by atoms with Crippen molar-refractivity contribution in [2.24, 2.45) is 0 Å². The van der Waals surface area contributed by atoms with Crippen LogP contribution in [0.25, 0.3) is 0 Å². The molecule has 0 fully saturated rings. The number of aromatic nitrogens is 1. The van der Waals surface area contributed by atoms with Gasteiger partial charge in [0.1, 0.15) is 11.8 Å². The van der Waals surface area contributed by atoms with Crippen LogP contribution in [0.5, 0.6) is 0 Å². The average Bonchev–Trinajstić information content (AvgIpc) is 2.35. The van der Waals surface area contributed by atoms with Crippen molar-refractivity contribution >= 4 is 5.91 Å². The molecule has 1 heterocycles. The lowest BCUT2D eigenvalue weighted by atomic mass is 10.2. The quantitative estimate of drug-likeness (QED) is 0.770. The molecule has 1 atom stereocenters. The van der Waals surface area contributed by atoms with Crippen LogP contribution >= 0.6 is 0 Å². The molecule has 84 valence electrons. The monoisotopic (exact) mass is 219 g/mol. The molecule has 0 saturated carbocycles. The van der Waals surface area contributed by atoms with Crippen LogP contribution in [0.2, 0.25) is 0 Å². The Morgan fingerprint density at radius 1 is 1.69 bits per heavy atom. The van der Waals surface area contributed by atoms with Gasteiger partial charge in [0.2, 0.25) is 0 Å². The van der Waals surface area contributed by atoms with Crippen LogP contribution in [-0.2, 0) is 0 Å². The standard InChI is InChI=1S/C11H13N3O2/c1-2-9(15)7-14-11(16)10-4-3-8(5-12)6-13-10/h3-4,6,9,15H,2,7H2,1H3,(H,14,16). The molecule has 0 spiro atoms. The number of hydrogen-bond donors (Lipinski definition) is 2. The Morgan fingerprint density at radius 2 is 2.44 bits per heavy atom. The molecule has 1 unspecified atom stereocenters. The van der Waals surface area contributed by atoms with Gasteiger partial charge < -0.3 is 10.4 Å². The van der Waals surface area contributed by atoms with Crippen molar-refractivity contribution in [1.29, 1.82) is 5.26 Å². The summed E-state index contributed by atoms with van der Waals surface area (Å²) in [4.78, 5) is 15.3. The number of carbonyl (C=O) groups excluding carboxylic acids is 1. The molecule has 16 heavy (non-hydrogen) atoms. The summed E-state index contributed by atoms with van der Waals surface area (Å²) in [5.41, 5.74) is 0.646. The van der Waals surface area contributed by atoms with Gasteiger partial charge in [0.15, 0.2) is 0 Å². The molecule has 5 nitrogen and oxygen atoms in total. The Labute approximate surface area is 93.7 Å². The first-order valence-corrected chi connectivity index (χ1v) is 4.99. The molecule has 1 aromatic heterocycles. The third-order valence-electron chi connectivity index (χ3n) is 2.09. The van der Waals surface area contributed by atoms with E-state index in [2.05, 4.69) is 10.3 Å². The van der Waals surface area contributed by atoms with Crippen LogP contribution in [0.3, 0.4) is 0 Å². The summed E-state index contributed by atoms with van der Waals surface area (Å²) in [7, 11) is 0. The fourth-order valence-corrected chi connectivity index (χ4v) is 1.04. The van der Waals surface area contributed by atoms with Crippen LogP contribution in [0, 0.1) is 11.3 Å². The number of nitrogens with one attached hydrogen (secondary N) is 1. The van der Waals surface area contributed by atoms with Gasteiger partial charge in [-0.05, 0) is 18.6 Å². The summed E-state index contributed by atoms with van der Waals surface area (Å²) in [5, 5.41) is 20.4. The number of aliphatic hydroxyl groups is 1. The number of aliphatic hydroxyl groups excluding tert-OH is 1. The number of nitrogens with zero attached hydrogens (tertiary/aromatic N) is 2. The first-order valence-electron chi connectivity index (χ1n) is 4.99. The van der Waals surface area contributed by atoms with Gasteiger partial charge in [-0.15, -0.1) is 0 Å². The molecule has 5 heteroatoms. The van der Waals surface area contributed by atoms with E-state index in [9.17, 15) is 9.90 Å². The highest BCUT2D eigenvalue weighted by molar-refractivity contribution is 5.92. The number of hydrogen-bond acceptors (Lipinski definition) is 4. The van der Waals surface area contributed by atoms with Crippen molar-refractivity contribution in [3.05, 3.63) is 29.6 Å². The summed E-state index contributed by atoms with van der Waals surface area (Å²) >= 11 is 0. The summed E-state index contributed by atoms with van der Waals surface area (Å²) in [6.07, 6.45) is 1.38. The van der Waals surface area contributed by atoms with E-state index in [-0.39, 0.29) is 18.1 Å². The number of rotatable bonds is 4. The second kappa shape index (κ2) is 5.83. The van der Waals surface area contributed by atoms with E-state index in [1.54, 1.807) is 0 Å². The molecule has 1 amide bonds. The highest BCUT2D eigenvalue weighted by atomic mass is 16.3. The lowest BCUT2D eigenvalue weighted by molar-refractivity contribution is 0.0909. The summed E-state index contributed by atoms with van der Waals surface area (Å²) < 4.78 is 0. The summed E-state index contributed by atoms with van der Waals surface area (Å²) in [6.45, 7) is 2.04. The Hall–Kier alpha value is -1.93. The van der Waals surface area contributed by atoms with Crippen molar-refractivity contribution in [3.63, 3.8) is 0 Å². The van der Waals surface area contributed by atoms with Crippen molar-refractivity contribution < 1.29 is 9.90 Å². The van der Waals surface area contributed by atoms with Gasteiger partial charge in [-0.3, -0.25) is 4.79 Å². The normalized spacial score (nSPS) is 11.6. The second-order valence-electron chi connectivity index (χ2n) is 3.32. The first-order chi connectivity index (χ1) is 7.67. The zero-order valence-electron chi connectivity index (χ0n) is 8.97. The molecule has 0 aliphatic rings. The van der Waals surface area contributed by atoms with Gasteiger partial charge in [-0.2, -0.15) is 5.26 Å². The zero-order valence-corrected chi connectivity index (χ0v) is 8.97. The zero-order chi connectivity index (χ0) is 12.0. The lowest BCUT2D eigenvalue weighted by Crippen LogP contribution is -2.32. The molecule has 0 aromatic carbocycles. The molecule has 1 rings (SSSR count). The Balaban J connectivity index is 2.57. The van der Waals surface area contributed by atoms with Crippen LogP contribution in [-0.4, -0.2) is 28.6 Å². The van der Waals surface area contributed by atoms with Gasteiger partial charge in [-0.25, -0.2) is 4.98 Å².